The molecular formula is C12H15BrO4. The van der Waals surface area contributed by atoms with Crippen LogP contribution >= 0.6 is 15.9 Å². The van der Waals surface area contributed by atoms with Crippen LogP contribution in [0.15, 0.2) is 22.7 Å². The van der Waals surface area contributed by atoms with Crippen LogP contribution in [0.3, 0.4) is 0 Å². The van der Waals surface area contributed by atoms with Crippen molar-refractivity contribution in [2.45, 2.75) is 26.4 Å². The van der Waals surface area contributed by atoms with Gasteiger partial charge in [0.05, 0.1) is 6.61 Å². The Labute approximate surface area is 109 Å². The van der Waals surface area contributed by atoms with Crippen LogP contribution in [0.5, 0.6) is 11.5 Å². The summed E-state index contributed by atoms with van der Waals surface area (Å²) in [6.07, 6.45) is 0. The highest BCUT2D eigenvalue weighted by Crippen LogP contribution is 2.33. The predicted molar refractivity (Wildman–Crippen MR) is 67.7 cm³/mol. The van der Waals surface area contributed by atoms with E-state index < -0.39 is 11.6 Å². The van der Waals surface area contributed by atoms with Gasteiger partial charge in [0.2, 0.25) is 0 Å². The van der Waals surface area contributed by atoms with Crippen molar-refractivity contribution < 1.29 is 19.4 Å². The van der Waals surface area contributed by atoms with Crippen molar-refractivity contribution in [3.8, 4) is 11.5 Å². The third kappa shape index (κ3) is 3.63. The molecule has 0 spiro atoms. The van der Waals surface area contributed by atoms with Gasteiger partial charge < -0.3 is 14.6 Å². The van der Waals surface area contributed by atoms with E-state index in [2.05, 4.69) is 15.9 Å². The number of aliphatic carboxylic acids is 1. The van der Waals surface area contributed by atoms with Crippen LogP contribution in [0, 0.1) is 0 Å². The molecule has 1 N–H and O–H groups in total. The summed E-state index contributed by atoms with van der Waals surface area (Å²) in [6.45, 7) is 5.33. The summed E-state index contributed by atoms with van der Waals surface area (Å²) in [5.41, 5.74) is -1.29. The largest absolute Gasteiger partial charge is 0.490 e. The van der Waals surface area contributed by atoms with Crippen molar-refractivity contribution in [1.29, 1.82) is 0 Å². The van der Waals surface area contributed by atoms with E-state index in [-0.39, 0.29) is 0 Å². The zero-order valence-electron chi connectivity index (χ0n) is 9.99. The predicted octanol–water partition coefficient (Wildman–Crippen LogP) is 3.09. The highest BCUT2D eigenvalue weighted by Gasteiger charge is 2.30. The van der Waals surface area contributed by atoms with Gasteiger partial charge in [-0.25, -0.2) is 4.79 Å². The van der Waals surface area contributed by atoms with Gasteiger partial charge in [0.1, 0.15) is 0 Å². The molecule has 1 rings (SSSR count). The fourth-order valence-corrected chi connectivity index (χ4v) is 1.49. The standard InChI is InChI=1S/C12H15BrO4/c1-4-16-10-7-8(13)5-6-9(10)17-12(2,3)11(14)15/h5-7H,4H2,1-3H3,(H,14,15). The zero-order valence-corrected chi connectivity index (χ0v) is 11.6. The van der Waals surface area contributed by atoms with Crippen LogP contribution < -0.4 is 9.47 Å². The molecule has 0 aromatic heterocycles. The second-order valence-electron chi connectivity index (χ2n) is 3.94. The Hall–Kier alpha value is -1.23. The molecule has 0 unspecified atom stereocenters. The summed E-state index contributed by atoms with van der Waals surface area (Å²) in [7, 11) is 0. The molecule has 5 heteroatoms. The molecular weight excluding hydrogens is 288 g/mol. The van der Waals surface area contributed by atoms with Gasteiger partial charge in [0.15, 0.2) is 17.1 Å². The van der Waals surface area contributed by atoms with E-state index >= 15 is 0 Å². The van der Waals surface area contributed by atoms with Crippen LogP contribution in [0.2, 0.25) is 0 Å². The molecule has 1 aromatic rings. The summed E-state index contributed by atoms with van der Waals surface area (Å²) < 4.78 is 11.7. The maximum absolute atomic E-state index is 11.0. The van der Waals surface area contributed by atoms with Crippen molar-refractivity contribution in [2.24, 2.45) is 0 Å². The first-order valence-corrected chi connectivity index (χ1v) is 6.01. The third-order valence-corrected chi connectivity index (χ3v) is 2.58. The molecule has 0 aliphatic rings. The Morgan fingerprint density at radius 3 is 2.59 bits per heavy atom. The van der Waals surface area contributed by atoms with Gasteiger partial charge in [-0.05, 0) is 39.0 Å². The number of ether oxygens (including phenoxy) is 2. The Morgan fingerprint density at radius 1 is 1.41 bits per heavy atom. The molecule has 0 bridgehead atoms. The third-order valence-electron chi connectivity index (χ3n) is 2.09. The van der Waals surface area contributed by atoms with E-state index in [1.165, 1.54) is 13.8 Å². The molecule has 0 radical (unpaired) electrons. The Morgan fingerprint density at radius 2 is 2.06 bits per heavy atom. The molecule has 0 saturated carbocycles. The maximum atomic E-state index is 11.0. The quantitative estimate of drug-likeness (QED) is 0.908. The first-order chi connectivity index (χ1) is 7.86. The van der Waals surface area contributed by atoms with E-state index in [4.69, 9.17) is 14.6 Å². The smallest absolute Gasteiger partial charge is 0.347 e. The van der Waals surface area contributed by atoms with Crippen molar-refractivity contribution in [3.63, 3.8) is 0 Å². The fraction of sp³-hybridized carbons (Fsp3) is 0.417. The van der Waals surface area contributed by atoms with Gasteiger partial charge >= 0.3 is 5.97 Å². The average Bonchev–Trinajstić information content (AvgIpc) is 2.22. The highest BCUT2D eigenvalue weighted by atomic mass is 79.9. The molecule has 0 aliphatic carbocycles. The second-order valence-corrected chi connectivity index (χ2v) is 4.86. The first-order valence-electron chi connectivity index (χ1n) is 5.21. The molecule has 1 aromatic carbocycles. The Bertz CT molecular complexity index is 415. The van der Waals surface area contributed by atoms with Crippen LogP contribution in [0.1, 0.15) is 20.8 Å². The van der Waals surface area contributed by atoms with Crippen molar-refractivity contribution in [3.05, 3.63) is 22.7 Å². The maximum Gasteiger partial charge on any atom is 0.347 e. The van der Waals surface area contributed by atoms with E-state index in [1.54, 1.807) is 18.2 Å². The number of carboxylic acid groups (broad SMARTS) is 1. The number of halogens is 1. The molecule has 0 amide bonds. The lowest BCUT2D eigenvalue weighted by Gasteiger charge is -2.23. The van der Waals surface area contributed by atoms with E-state index in [0.29, 0.717) is 18.1 Å². The van der Waals surface area contributed by atoms with E-state index in [0.717, 1.165) is 4.47 Å². The van der Waals surface area contributed by atoms with Gasteiger partial charge in [-0.2, -0.15) is 0 Å². The van der Waals surface area contributed by atoms with Gasteiger partial charge in [-0.3, -0.25) is 0 Å². The normalized spacial score (nSPS) is 11.1. The molecule has 0 atom stereocenters. The number of carbonyl (C=O) groups is 1. The van der Waals surface area contributed by atoms with Crippen molar-refractivity contribution in [2.75, 3.05) is 6.61 Å². The molecule has 17 heavy (non-hydrogen) atoms. The zero-order chi connectivity index (χ0) is 13.1. The molecule has 94 valence electrons. The van der Waals surface area contributed by atoms with E-state index in [9.17, 15) is 4.79 Å². The van der Waals surface area contributed by atoms with Crippen LogP contribution in [0.4, 0.5) is 0 Å². The molecule has 4 nitrogen and oxygen atoms in total. The molecule has 0 fully saturated rings. The fourth-order valence-electron chi connectivity index (χ4n) is 1.15. The molecule has 0 aliphatic heterocycles. The van der Waals surface area contributed by atoms with Gasteiger partial charge in [0, 0.05) is 4.47 Å². The number of hydrogen-bond acceptors (Lipinski definition) is 3. The lowest BCUT2D eigenvalue weighted by atomic mass is 10.1. The Kier molecular flexibility index (Phi) is 4.40. The van der Waals surface area contributed by atoms with E-state index in [1.807, 2.05) is 6.92 Å². The van der Waals surface area contributed by atoms with Crippen molar-refractivity contribution >= 4 is 21.9 Å². The van der Waals surface area contributed by atoms with Gasteiger partial charge in [-0.1, -0.05) is 15.9 Å². The molecule has 0 heterocycles. The van der Waals surface area contributed by atoms with Gasteiger partial charge in [0.25, 0.3) is 0 Å². The van der Waals surface area contributed by atoms with Crippen LogP contribution in [-0.4, -0.2) is 23.3 Å². The summed E-state index contributed by atoms with van der Waals surface area (Å²) in [5, 5.41) is 9.00. The lowest BCUT2D eigenvalue weighted by Crippen LogP contribution is -2.38. The number of rotatable bonds is 5. The summed E-state index contributed by atoms with van der Waals surface area (Å²) in [5.74, 6) is -0.0819. The summed E-state index contributed by atoms with van der Waals surface area (Å²) in [6, 6.07) is 5.20. The van der Waals surface area contributed by atoms with Crippen LogP contribution in [-0.2, 0) is 4.79 Å². The SMILES string of the molecule is CCOc1cc(Br)ccc1OC(C)(C)C(=O)O. The topological polar surface area (TPSA) is 55.8 Å². The number of benzene rings is 1. The van der Waals surface area contributed by atoms with Gasteiger partial charge in [-0.15, -0.1) is 0 Å². The minimum atomic E-state index is -1.29. The monoisotopic (exact) mass is 302 g/mol. The van der Waals surface area contributed by atoms with Crippen molar-refractivity contribution in [1.82, 2.24) is 0 Å². The lowest BCUT2D eigenvalue weighted by molar-refractivity contribution is -0.152. The first kappa shape index (κ1) is 13.8. The molecule has 0 saturated heterocycles. The minimum absolute atomic E-state index is 0.419. The second kappa shape index (κ2) is 5.40. The highest BCUT2D eigenvalue weighted by molar-refractivity contribution is 9.10. The number of carboxylic acids is 1. The minimum Gasteiger partial charge on any atom is -0.490 e. The Balaban J connectivity index is 3.01. The number of hydrogen-bond donors (Lipinski definition) is 1. The summed E-state index contributed by atoms with van der Waals surface area (Å²) >= 11 is 3.32. The van der Waals surface area contributed by atoms with Crippen LogP contribution in [0.25, 0.3) is 0 Å². The summed E-state index contributed by atoms with van der Waals surface area (Å²) in [4.78, 5) is 11.0. The average molecular weight is 303 g/mol.